The van der Waals surface area contributed by atoms with Crippen LogP contribution in [0.1, 0.15) is 39.5 Å². The quantitative estimate of drug-likeness (QED) is 0.659. The van der Waals surface area contributed by atoms with Crippen LogP contribution in [0.2, 0.25) is 0 Å². The van der Waals surface area contributed by atoms with Crippen molar-refractivity contribution >= 4 is 16.9 Å². The molecule has 1 aliphatic heterocycles. The Labute approximate surface area is 95.9 Å². The third kappa shape index (κ3) is 4.53. The van der Waals surface area contributed by atoms with E-state index in [1.165, 1.54) is 24.6 Å². The zero-order valence-electron chi connectivity index (χ0n) is 9.58. The average molecular weight is 232 g/mol. The van der Waals surface area contributed by atoms with Crippen LogP contribution < -0.4 is 0 Å². The van der Waals surface area contributed by atoms with Crippen LogP contribution in [0.25, 0.3) is 0 Å². The third-order valence-electron chi connectivity index (χ3n) is 2.47. The van der Waals surface area contributed by atoms with Gasteiger partial charge in [0, 0.05) is 13.3 Å². The maximum atomic E-state index is 10.9. The summed E-state index contributed by atoms with van der Waals surface area (Å²) < 4.78 is 11.3. The Bertz CT molecular complexity index is 200. The van der Waals surface area contributed by atoms with Crippen LogP contribution in [-0.2, 0) is 14.3 Å². The van der Waals surface area contributed by atoms with Crippen molar-refractivity contribution in [3.8, 4) is 0 Å². The van der Waals surface area contributed by atoms with Gasteiger partial charge in [-0.05, 0) is 6.42 Å². The molecule has 0 aromatic heterocycles. The lowest BCUT2D eigenvalue weighted by atomic mass is 10.1. The molecule has 1 aliphatic rings. The van der Waals surface area contributed by atoms with E-state index in [-0.39, 0.29) is 5.12 Å². The highest BCUT2D eigenvalue weighted by Gasteiger charge is 2.36. The molecular formula is C11H20O3S. The van der Waals surface area contributed by atoms with Crippen LogP contribution in [0, 0.1) is 0 Å². The molecule has 0 unspecified atom stereocenters. The Morgan fingerprint density at radius 2 is 2.00 bits per heavy atom. The summed E-state index contributed by atoms with van der Waals surface area (Å²) in [5, 5.41) is 0.129. The highest BCUT2D eigenvalue weighted by molar-refractivity contribution is 8.13. The molecule has 0 spiro atoms. The second kappa shape index (κ2) is 6.51. The molecule has 0 radical (unpaired) electrons. The first-order valence-electron chi connectivity index (χ1n) is 5.60. The van der Waals surface area contributed by atoms with Crippen molar-refractivity contribution < 1.29 is 14.3 Å². The van der Waals surface area contributed by atoms with Crippen molar-refractivity contribution in [2.75, 3.05) is 19.0 Å². The maximum absolute atomic E-state index is 10.9. The molecule has 0 amide bonds. The van der Waals surface area contributed by atoms with Gasteiger partial charge >= 0.3 is 0 Å². The Morgan fingerprint density at radius 1 is 1.33 bits per heavy atom. The largest absolute Gasteiger partial charge is 0.347 e. The van der Waals surface area contributed by atoms with Gasteiger partial charge in [-0.3, -0.25) is 4.79 Å². The fourth-order valence-electron chi connectivity index (χ4n) is 1.65. The van der Waals surface area contributed by atoms with Crippen LogP contribution in [0.3, 0.4) is 0 Å². The van der Waals surface area contributed by atoms with E-state index in [1.807, 2.05) is 0 Å². The van der Waals surface area contributed by atoms with Gasteiger partial charge in [-0.2, -0.15) is 0 Å². The summed E-state index contributed by atoms with van der Waals surface area (Å²) in [6.07, 6.45) is 4.39. The number of unbranched alkanes of at least 4 members (excludes halogenated alkanes) is 2. The van der Waals surface area contributed by atoms with Gasteiger partial charge in [-0.1, -0.05) is 31.5 Å². The van der Waals surface area contributed by atoms with Crippen LogP contribution in [0.15, 0.2) is 0 Å². The Hall–Kier alpha value is -0.0600. The molecule has 1 rings (SSSR count). The second-order valence-electron chi connectivity index (χ2n) is 3.84. The first-order valence-corrected chi connectivity index (χ1v) is 6.58. The van der Waals surface area contributed by atoms with E-state index in [0.717, 1.165) is 12.8 Å². The fourth-order valence-corrected chi connectivity index (χ4v) is 2.39. The standard InChI is InChI=1S/C11H20O3S/c1-3-4-5-6-11(9-15-10(2)12)13-7-8-14-11/h3-9H2,1-2H3. The summed E-state index contributed by atoms with van der Waals surface area (Å²) in [6, 6.07) is 0. The number of hydrogen-bond donors (Lipinski definition) is 0. The molecule has 3 nitrogen and oxygen atoms in total. The number of carbonyl (C=O) groups excluding carboxylic acids is 1. The van der Waals surface area contributed by atoms with E-state index in [2.05, 4.69) is 6.92 Å². The molecule has 15 heavy (non-hydrogen) atoms. The van der Waals surface area contributed by atoms with Gasteiger partial charge in [0.15, 0.2) is 10.9 Å². The van der Waals surface area contributed by atoms with E-state index >= 15 is 0 Å². The van der Waals surface area contributed by atoms with Crippen molar-refractivity contribution in [2.24, 2.45) is 0 Å². The molecule has 1 fully saturated rings. The summed E-state index contributed by atoms with van der Waals surface area (Å²) in [6.45, 7) is 5.07. The molecule has 0 atom stereocenters. The lowest BCUT2D eigenvalue weighted by Crippen LogP contribution is -2.33. The highest BCUT2D eigenvalue weighted by Crippen LogP contribution is 2.30. The summed E-state index contributed by atoms with van der Waals surface area (Å²) in [5.74, 6) is 0.150. The van der Waals surface area contributed by atoms with Gasteiger partial charge in [0.1, 0.15) is 0 Å². The number of ether oxygens (including phenoxy) is 2. The predicted octanol–water partition coefficient (Wildman–Crippen LogP) is 2.59. The van der Waals surface area contributed by atoms with Crippen molar-refractivity contribution in [2.45, 2.75) is 45.3 Å². The molecule has 88 valence electrons. The zero-order valence-corrected chi connectivity index (χ0v) is 10.4. The van der Waals surface area contributed by atoms with E-state index in [9.17, 15) is 4.79 Å². The van der Waals surface area contributed by atoms with Gasteiger partial charge in [-0.25, -0.2) is 0 Å². The molecule has 4 heteroatoms. The summed E-state index contributed by atoms with van der Waals surface area (Å²) in [5.41, 5.74) is 0. The summed E-state index contributed by atoms with van der Waals surface area (Å²) >= 11 is 1.30. The number of hydrogen-bond acceptors (Lipinski definition) is 4. The first-order chi connectivity index (χ1) is 7.18. The monoisotopic (exact) mass is 232 g/mol. The number of rotatable bonds is 6. The van der Waals surface area contributed by atoms with Crippen molar-refractivity contribution in [1.29, 1.82) is 0 Å². The minimum atomic E-state index is -0.481. The highest BCUT2D eigenvalue weighted by atomic mass is 32.2. The maximum Gasteiger partial charge on any atom is 0.186 e. The normalized spacial score (nSPS) is 19.3. The molecule has 0 aliphatic carbocycles. The molecule has 0 aromatic carbocycles. The Kier molecular flexibility index (Phi) is 5.64. The smallest absolute Gasteiger partial charge is 0.186 e. The van der Waals surface area contributed by atoms with Crippen LogP contribution in [0.5, 0.6) is 0 Å². The summed E-state index contributed by atoms with van der Waals surface area (Å²) in [4.78, 5) is 10.9. The molecule has 1 saturated heterocycles. The van der Waals surface area contributed by atoms with Crippen molar-refractivity contribution in [1.82, 2.24) is 0 Å². The molecule has 0 N–H and O–H groups in total. The summed E-state index contributed by atoms with van der Waals surface area (Å²) in [7, 11) is 0. The van der Waals surface area contributed by atoms with Gasteiger partial charge < -0.3 is 9.47 Å². The minimum Gasteiger partial charge on any atom is -0.347 e. The Morgan fingerprint density at radius 3 is 2.53 bits per heavy atom. The third-order valence-corrected chi connectivity index (χ3v) is 3.46. The molecule has 0 aromatic rings. The Balaban J connectivity index is 2.35. The SMILES string of the molecule is CCCCCC1(CSC(C)=O)OCCO1. The van der Waals surface area contributed by atoms with E-state index in [0.29, 0.717) is 19.0 Å². The molecule has 1 heterocycles. The van der Waals surface area contributed by atoms with E-state index < -0.39 is 5.79 Å². The van der Waals surface area contributed by atoms with Crippen LogP contribution in [0.4, 0.5) is 0 Å². The van der Waals surface area contributed by atoms with E-state index in [4.69, 9.17) is 9.47 Å². The lowest BCUT2D eigenvalue weighted by Gasteiger charge is -2.26. The lowest BCUT2D eigenvalue weighted by molar-refractivity contribution is -0.143. The van der Waals surface area contributed by atoms with E-state index in [1.54, 1.807) is 6.92 Å². The van der Waals surface area contributed by atoms with Gasteiger partial charge in [0.2, 0.25) is 0 Å². The molecule has 0 saturated carbocycles. The van der Waals surface area contributed by atoms with Crippen LogP contribution >= 0.6 is 11.8 Å². The number of carbonyl (C=O) groups is 1. The second-order valence-corrected chi connectivity index (χ2v) is 5.00. The molecular weight excluding hydrogens is 212 g/mol. The first kappa shape index (κ1) is 13.0. The average Bonchev–Trinajstić information content (AvgIpc) is 2.65. The topological polar surface area (TPSA) is 35.5 Å². The van der Waals surface area contributed by atoms with Crippen molar-refractivity contribution in [3.63, 3.8) is 0 Å². The van der Waals surface area contributed by atoms with Gasteiger partial charge in [0.05, 0.1) is 19.0 Å². The zero-order chi connectivity index (χ0) is 11.1. The number of thioether (sulfide) groups is 1. The van der Waals surface area contributed by atoms with Crippen LogP contribution in [-0.4, -0.2) is 29.9 Å². The van der Waals surface area contributed by atoms with Gasteiger partial charge in [-0.15, -0.1) is 0 Å². The minimum absolute atomic E-state index is 0.129. The fraction of sp³-hybridized carbons (Fsp3) is 0.909. The van der Waals surface area contributed by atoms with Crippen molar-refractivity contribution in [3.05, 3.63) is 0 Å². The molecule has 0 bridgehead atoms. The van der Waals surface area contributed by atoms with Gasteiger partial charge in [0.25, 0.3) is 0 Å². The predicted molar refractivity (Wildman–Crippen MR) is 61.9 cm³/mol.